The van der Waals surface area contributed by atoms with Crippen molar-refractivity contribution in [2.24, 2.45) is 0 Å². The van der Waals surface area contributed by atoms with Gasteiger partial charge >= 0.3 is 0 Å². The third-order valence-corrected chi connectivity index (χ3v) is 14.1. The maximum absolute atomic E-state index is 6.94. The smallest absolute Gasteiger partial charge is 0.124 e. The second-order valence-electron chi connectivity index (χ2n) is 20.1. The van der Waals surface area contributed by atoms with Gasteiger partial charge in [0.2, 0.25) is 0 Å². The van der Waals surface area contributed by atoms with E-state index in [4.69, 9.17) is 37.9 Å². The summed E-state index contributed by atoms with van der Waals surface area (Å²) in [5.74, 6) is 4.50. The summed E-state index contributed by atoms with van der Waals surface area (Å²) in [7, 11) is 0. The van der Waals surface area contributed by atoms with Gasteiger partial charge in [-0.2, -0.15) is 0 Å². The number of hydrogen-bond acceptors (Lipinski definition) is 8. The van der Waals surface area contributed by atoms with Crippen molar-refractivity contribution in [1.82, 2.24) is 0 Å². The van der Waals surface area contributed by atoms with Crippen molar-refractivity contribution in [1.29, 1.82) is 0 Å². The van der Waals surface area contributed by atoms with E-state index in [-0.39, 0.29) is 26.4 Å². The standard InChI is InChI=1S/C80H76O8/c1-10-19-64(58-24-35-68(36-25-58)81-46-11-2)57-78(88-53-18-9)80(74-56-67(34-45-77(74)87-52-17-8)61-30-41-71(42-31-61)84-49-14-5)63-22-20-62(21-23-63)79(72-54-65(32-43-75(72)85-50-15-6)59-26-37-69(38-27-59)82-47-12-3)73-55-66(33-44-76(73)86-51-16-7)60-28-39-70(40-29-60)83-48-13-4/h10-45,54-57,79-80H,1-9,46-53H2/b64-19+,78-57-. The summed E-state index contributed by atoms with van der Waals surface area (Å²) in [5, 5.41) is 0. The molecule has 8 aromatic rings. The highest BCUT2D eigenvalue weighted by Gasteiger charge is 2.30. The molecule has 8 aromatic carbocycles. The van der Waals surface area contributed by atoms with Gasteiger partial charge in [0.25, 0.3) is 0 Å². The molecular weight excluding hydrogens is 1090 g/mol. The first kappa shape index (κ1) is 63.3. The molecule has 0 spiro atoms. The Kier molecular flexibility index (Phi) is 23.8. The Labute approximate surface area is 520 Å². The molecule has 8 nitrogen and oxygen atoms in total. The lowest BCUT2D eigenvalue weighted by Gasteiger charge is -2.27. The van der Waals surface area contributed by atoms with E-state index in [1.807, 2.05) is 84.9 Å². The normalized spacial score (nSPS) is 11.5. The van der Waals surface area contributed by atoms with Crippen LogP contribution in [0, 0.1) is 0 Å². The number of hydrogen-bond donors (Lipinski definition) is 0. The van der Waals surface area contributed by atoms with Gasteiger partial charge in [-0.3, -0.25) is 0 Å². The minimum atomic E-state index is -0.577. The molecule has 8 rings (SSSR count). The van der Waals surface area contributed by atoms with Crippen molar-refractivity contribution >= 4 is 5.57 Å². The first-order chi connectivity index (χ1) is 43.3. The van der Waals surface area contributed by atoms with Crippen LogP contribution in [0.15, 0.2) is 308 Å². The first-order valence-corrected chi connectivity index (χ1v) is 29.1. The van der Waals surface area contributed by atoms with Gasteiger partial charge in [0.05, 0.1) is 5.92 Å². The first-order valence-electron chi connectivity index (χ1n) is 29.1. The highest BCUT2D eigenvalue weighted by molar-refractivity contribution is 5.77. The second-order valence-corrected chi connectivity index (χ2v) is 20.1. The van der Waals surface area contributed by atoms with E-state index < -0.39 is 11.8 Å². The van der Waals surface area contributed by atoms with Gasteiger partial charge < -0.3 is 37.9 Å². The van der Waals surface area contributed by atoms with Crippen LogP contribution >= 0.6 is 0 Å². The molecular formula is C80H76O8. The predicted molar refractivity (Wildman–Crippen MR) is 364 cm³/mol. The highest BCUT2D eigenvalue weighted by atomic mass is 16.5. The average Bonchev–Trinajstić information content (AvgIpc) is 1.36. The van der Waals surface area contributed by atoms with Gasteiger partial charge in [-0.15, -0.1) is 0 Å². The summed E-state index contributed by atoms with van der Waals surface area (Å²) in [5.41, 5.74) is 12.1. The number of ether oxygens (including phenoxy) is 8. The van der Waals surface area contributed by atoms with Crippen molar-refractivity contribution in [3.63, 3.8) is 0 Å². The fourth-order valence-corrected chi connectivity index (χ4v) is 10.1. The fraction of sp³-hybridized carbons (Fsp3) is 0.125. The van der Waals surface area contributed by atoms with E-state index in [2.05, 4.69) is 162 Å². The number of allylic oxidation sites excluding steroid dienone is 5. The molecule has 0 aliphatic rings. The van der Waals surface area contributed by atoms with Crippen molar-refractivity contribution in [2.75, 3.05) is 52.9 Å². The van der Waals surface area contributed by atoms with Crippen LogP contribution < -0.4 is 33.2 Å². The maximum Gasteiger partial charge on any atom is 0.124 e. The minimum absolute atomic E-state index is 0.204. The molecule has 0 saturated carbocycles. The summed E-state index contributed by atoms with van der Waals surface area (Å²) in [4.78, 5) is 0. The number of rotatable bonds is 36. The van der Waals surface area contributed by atoms with Gasteiger partial charge in [0, 0.05) is 22.6 Å². The van der Waals surface area contributed by atoms with Crippen LogP contribution in [0.25, 0.3) is 39.0 Å². The van der Waals surface area contributed by atoms with Gasteiger partial charge in [-0.05, 0) is 147 Å². The molecule has 1 unspecified atom stereocenters. The molecule has 0 N–H and O–H groups in total. The van der Waals surface area contributed by atoms with Crippen LogP contribution in [-0.2, 0) is 4.74 Å². The molecule has 0 saturated heterocycles. The van der Waals surface area contributed by atoms with Crippen LogP contribution in [0.5, 0.6) is 40.2 Å². The van der Waals surface area contributed by atoms with Gasteiger partial charge in [0.1, 0.15) is 98.9 Å². The molecule has 0 aliphatic carbocycles. The Balaban J connectivity index is 1.39. The summed E-state index contributed by atoms with van der Waals surface area (Å²) in [6, 6.07) is 59.7. The van der Waals surface area contributed by atoms with Crippen molar-refractivity contribution in [3.05, 3.63) is 341 Å². The molecule has 0 radical (unpaired) electrons. The molecule has 0 amide bonds. The molecule has 1 atom stereocenters. The minimum Gasteiger partial charge on any atom is -0.493 e. The number of benzene rings is 8. The molecule has 8 heteroatoms. The van der Waals surface area contributed by atoms with E-state index in [1.54, 1.807) is 54.7 Å². The fourth-order valence-electron chi connectivity index (χ4n) is 10.1. The quantitative estimate of drug-likeness (QED) is 0.0166. The zero-order valence-electron chi connectivity index (χ0n) is 50.0. The largest absolute Gasteiger partial charge is 0.493 e. The van der Waals surface area contributed by atoms with Gasteiger partial charge in [0.15, 0.2) is 0 Å². The predicted octanol–water partition coefficient (Wildman–Crippen LogP) is 19.3. The average molecular weight is 1170 g/mol. The van der Waals surface area contributed by atoms with Crippen LogP contribution in [0.2, 0.25) is 0 Å². The maximum atomic E-state index is 6.94. The molecule has 0 aromatic heterocycles. The lowest BCUT2D eigenvalue weighted by molar-refractivity contribution is 0.231. The van der Waals surface area contributed by atoms with E-state index in [0.717, 1.165) is 95.3 Å². The highest BCUT2D eigenvalue weighted by Crippen LogP contribution is 2.47. The monoisotopic (exact) mass is 1160 g/mol. The Morgan fingerprint density at radius 2 is 0.636 bits per heavy atom. The van der Waals surface area contributed by atoms with Crippen molar-refractivity contribution in [2.45, 2.75) is 11.8 Å². The zero-order valence-corrected chi connectivity index (χ0v) is 50.0. The van der Waals surface area contributed by atoms with Crippen LogP contribution in [0.1, 0.15) is 45.2 Å². The van der Waals surface area contributed by atoms with E-state index >= 15 is 0 Å². The summed E-state index contributed by atoms with van der Waals surface area (Å²) in [6.07, 6.45) is 19.7. The Bertz CT molecular complexity index is 3620. The molecule has 88 heavy (non-hydrogen) atoms. The SMILES string of the molecule is C=C/C=C(\C=C(/OCC=C)C(c1ccc(C(c2cc(-c3ccc(OCC=C)cc3)ccc2OCC=C)c2cc(-c3ccc(OCC=C)cc3)ccc2OCC=C)cc1)c1cc(-c2ccc(OCC=C)cc2)ccc1OCC=C)c1ccc(OCC=C)cc1. The lowest BCUT2D eigenvalue weighted by atomic mass is 9.80. The summed E-state index contributed by atoms with van der Waals surface area (Å²) < 4.78 is 50.4. The second kappa shape index (κ2) is 33.1. The molecule has 0 heterocycles. The van der Waals surface area contributed by atoms with Crippen LogP contribution in [0.3, 0.4) is 0 Å². The van der Waals surface area contributed by atoms with Gasteiger partial charge in [-0.1, -0.05) is 211 Å². The molecule has 444 valence electrons. The third-order valence-electron chi connectivity index (χ3n) is 14.1. The van der Waals surface area contributed by atoms with Crippen LogP contribution in [-0.4, -0.2) is 52.9 Å². The zero-order chi connectivity index (χ0) is 61.9. The topological polar surface area (TPSA) is 73.8 Å². The Morgan fingerprint density at radius 1 is 0.318 bits per heavy atom. The molecule has 0 aliphatic heterocycles. The van der Waals surface area contributed by atoms with E-state index in [9.17, 15) is 0 Å². The Morgan fingerprint density at radius 3 is 1.00 bits per heavy atom. The summed E-state index contributed by atoms with van der Waals surface area (Å²) >= 11 is 0. The lowest BCUT2D eigenvalue weighted by Crippen LogP contribution is -2.13. The van der Waals surface area contributed by atoms with E-state index in [0.29, 0.717) is 49.4 Å². The molecule has 0 bridgehead atoms. The van der Waals surface area contributed by atoms with Crippen molar-refractivity contribution in [3.8, 4) is 73.6 Å². The molecule has 0 fully saturated rings. The summed E-state index contributed by atoms with van der Waals surface area (Å²) in [6.45, 7) is 38.2. The van der Waals surface area contributed by atoms with Crippen molar-refractivity contribution < 1.29 is 37.9 Å². The third kappa shape index (κ3) is 16.8. The van der Waals surface area contributed by atoms with Crippen LogP contribution in [0.4, 0.5) is 0 Å². The van der Waals surface area contributed by atoms with E-state index in [1.165, 1.54) is 0 Å². The van der Waals surface area contributed by atoms with Gasteiger partial charge in [-0.25, -0.2) is 0 Å². The Hall–Kier alpha value is -10.7.